The van der Waals surface area contributed by atoms with Crippen LogP contribution in [-0.2, 0) is 9.59 Å². The average Bonchev–Trinajstić information content (AvgIpc) is 1.63. The zero-order valence-corrected chi connectivity index (χ0v) is 9.61. The zero-order chi connectivity index (χ0) is 7.44. The third-order valence-corrected chi connectivity index (χ3v) is 0.712. The molecule has 0 aromatic heterocycles. The third kappa shape index (κ3) is 10.9. The van der Waals surface area contributed by atoms with Gasteiger partial charge in [-0.1, -0.05) is 0 Å². The number of aliphatic carboxylic acids is 2. The molecule has 0 spiro atoms. The van der Waals surface area contributed by atoms with Gasteiger partial charge in [0.15, 0.2) is 0 Å². The van der Waals surface area contributed by atoms with Gasteiger partial charge < -0.3 is 15.9 Å². The zero-order valence-electron chi connectivity index (χ0n) is 5.99. The fourth-order valence-electron chi connectivity index (χ4n) is 0.275. The van der Waals surface area contributed by atoms with Crippen molar-refractivity contribution in [2.45, 2.75) is 12.5 Å². The van der Waals surface area contributed by atoms with Gasteiger partial charge in [0.2, 0.25) is 0 Å². The van der Waals surface area contributed by atoms with Gasteiger partial charge in [0.25, 0.3) is 0 Å². The first-order valence-electron chi connectivity index (χ1n) is 2.24. The van der Waals surface area contributed by atoms with E-state index in [2.05, 4.69) is 0 Å². The molecular weight excluding hydrogens is 190 g/mol. The number of carboxylic acids is 2. The Balaban J connectivity index is -0.000000320. The van der Waals surface area contributed by atoms with E-state index in [0.717, 1.165) is 0 Å². The molecule has 0 unspecified atom stereocenters. The summed E-state index contributed by atoms with van der Waals surface area (Å²) in [7, 11) is 0. The van der Waals surface area contributed by atoms with Gasteiger partial charge in [-0.2, -0.15) is 0 Å². The normalized spacial score (nSPS) is 10.3. The predicted molar refractivity (Wildman–Crippen MR) is 39.4 cm³/mol. The van der Waals surface area contributed by atoms with Crippen molar-refractivity contribution in [3.05, 3.63) is 0 Å². The molecule has 0 heterocycles. The van der Waals surface area contributed by atoms with E-state index in [9.17, 15) is 9.59 Å². The smallest absolute Gasteiger partial charge is 0.321 e. The Bertz CT molecular complexity index is 142. The quantitative estimate of drug-likeness (QED) is 0.460. The summed E-state index contributed by atoms with van der Waals surface area (Å²) >= 11 is 0. The summed E-state index contributed by atoms with van der Waals surface area (Å²) in [6, 6.07) is -1.29. The molecule has 56 valence electrons. The van der Waals surface area contributed by atoms with E-state index >= 15 is 0 Å². The molecule has 0 saturated heterocycles. The number of carbonyl (C=O) groups is 2. The maximum Gasteiger partial charge on any atom is 0.321 e. The first-order valence-corrected chi connectivity index (χ1v) is 2.24. The van der Waals surface area contributed by atoms with Crippen molar-refractivity contribution in [3.8, 4) is 0 Å². The van der Waals surface area contributed by atoms with Crippen LogP contribution in [0.4, 0.5) is 0 Å². The van der Waals surface area contributed by atoms with Crippen molar-refractivity contribution >= 4 is 72.7 Å². The SMILES string of the molecule is N[C@@H](CC(=O)O)C(=O)O.[Ca].[Mg]. The number of rotatable bonds is 3. The van der Waals surface area contributed by atoms with Gasteiger partial charge in [0, 0.05) is 60.8 Å². The molecule has 4 radical (unpaired) electrons. The minimum Gasteiger partial charge on any atom is -0.481 e. The molecule has 0 aliphatic heterocycles. The number of nitrogens with two attached hydrogens (primary N) is 1. The topological polar surface area (TPSA) is 101 Å². The molecular formula is C4H7CaMgNO4. The van der Waals surface area contributed by atoms with E-state index < -0.39 is 24.4 Å². The van der Waals surface area contributed by atoms with E-state index in [1.807, 2.05) is 0 Å². The molecule has 0 rings (SSSR count). The maximum absolute atomic E-state index is 9.85. The van der Waals surface area contributed by atoms with Crippen molar-refractivity contribution in [3.63, 3.8) is 0 Å². The Labute approximate surface area is 109 Å². The van der Waals surface area contributed by atoms with Crippen LogP contribution in [0.5, 0.6) is 0 Å². The molecule has 0 aromatic carbocycles. The minimum atomic E-state index is -1.29. The number of carboxylic acid groups (broad SMARTS) is 2. The van der Waals surface area contributed by atoms with E-state index in [1.54, 1.807) is 0 Å². The standard InChI is InChI=1S/C4H7NO4.Ca.Mg/c5-2(4(8)9)1-3(6)7;;/h2H,1,5H2,(H,6,7)(H,8,9);;/t2-;;/m0../s1. The second-order valence-electron chi connectivity index (χ2n) is 1.54. The molecule has 0 fully saturated rings. The largest absolute Gasteiger partial charge is 0.481 e. The van der Waals surface area contributed by atoms with Crippen molar-refractivity contribution in [1.82, 2.24) is 0 Å². The average molecular weight is 197 g/mol. The van der Waals surface area contributed by atoms with Crippen molar-refractivity contribution in [2.75, 3.05) is 0 Å². The summed E-state index contributed by atoms with van der Waals surface area (Å²) in [6.45, 7) is 0. The molecule has 0 aliphatic rings. The summed E-state index contributed by atoms with van der Waals surface area (Å²) in [5.41, 5.74) is 4.84. The van der Waals surface area contributed by atoms with Crippen molar-refractivity contribution in [1.29, 1.82) is 0 Å². The molecule has 0 bridgehead atoms. The van der Waals surface area contributed by atoms with Crippen LogP contribution in [0.1, 0.15) is 6.42 Å². The summed E-state index contributed by atoms with van der Waals surface area (Å²) in [5, 5.41) is 16.0. The van der Waals surface area contributed by atoms with Gasteiger partial charge >= 0.3 is 11.9 Å². The van der Waals surface area contributed by atoms with Crippen LogP contribution in [0.15, 0.2) is 0 Å². The molecule has 7 heteroatoms. The number of hydrogen-bond acceptors (Lipinski definition) is 3. The van der Waals surface area contributed by atoms with Crippen LogP contribution in [-0.4, -0.2) is 89.0 Å². The summed E-state index contributed by atoms with van der Waals surface area (Å²) in [5.74, 6) is -2.50. The first kappa shape index (κ1) is 17.9. The molecule has 0 amide bonds. The van der Waals surface area contributed by atoms with Crippen molar-refractivity contribution in [2.24, 2.45) is 5.73 Å². The second-order valence-corrected chi connectivity index (χ2v) is 1.54. The molecule has 4 N–H and O–H groups in total. The van der Waals surface area contributed by atoms with Crippen LogP contribution in [0.2, 0.25) is 0 Å². The first-order chi connectivity index (χ1) is 4.04. The van der Waals surface area contributed by atoms with Gasteiger partial charge in [-0.05, 0) is 0 Å². The summed E-state index contributed by atoms with van der Waals surface area (Å²) in [4.78, 5) is 19.6. The minimum absolute atomic E-state index is 0. The molecule has 0 aromatic rings. The molecule has 0 aliphatic carbocycles. The Morgan fingerprint density at radius 3 is 1.82 bits per heavy atom. The number of hydrogen-bond donors (Lipinski definition) is 3. The Morgan fingerprint density at radius 1 is 1.36 bits per heavy atom. The molecule has 11 heavy (non-hydrogen) atoms. The van der Waals surface area contributed by atoms with Crippen LogP contribution >= 0.6 is 0 Å². The van der Waals surface area contributed by atoms with E-state index in [1.165, 1.54) is 0 Å². The predicted octanol–water partition coefficient (Wildman–Crippen LogP) is -1.89. The van der Waals surface area contributed by atoms with Gasteiger partial charge in [-0.3, -0.25) is 9.59 Å². The van der Waals surface area contributed by atoms with Gasteiger partial charge in [-0.15, -0.1) is 0 Å². The summed E-state index contributed by atoms with van der Waals surface area (Å²) in [6.07, 6.45) is -0.532. The fourth-order valence-corrected chi connectivity index (χ4v) is 0.275. The van der Waals surface area contributed by atoms with Gasteiger partial charge in [-0.25, -0.2) is 0 Å². The van der Waals surface area contributed by atoms with Crippen LogP contribution in [0, 0.1) is 0 Å². The van der Waals surface area contributed by atoms with E-state index in [4.69, 9.17) is 15.9 Å². The van der Waals surface area contributed by atoms with Crippen molar-refractivity contribution < 1.29 is 19.8 Å². The van der Waals surface area contributed by atoms with Crippen LogP contribution in [0.3, 0.4) is 0 Å². The molecule has 5 nitrogen and oxygen atoms in total. The Kier molecular flexibility index (Phi) is 14.6. The maximum atomic E-state index is 9.85. The molecule has 0 saturated carbocycles. The monoisotopic (exact) mass is 197 g/mol. The summed E-state index contributed by atoms with van der Waals surface area (Å²) < 4.78 is 0. The van der Waals surface area contributed by atoms with Crippen LogP contribution in [0.25, 0.3) is 0 Å². The third-order valence-electron chi connectivity index (χ3n) is 0.712. The van der Waals surface area contributed by atoms with E-state index in [0.29, 0.717) is 0 Å². The van der Waals surface area contributed by atoms with E-state index in [-0.39, 0.29) is 60.8 Å². The Hall–Kier alpha value is 0.926. The van der Waals surface area contributed by atoms with Gasteiger partial charge in [0.1, 0.15) is 6.04 Å². The second kappa shape index (κ2) is 9.02. The van der Waals surface area contributed by atoms with Crippen LogP contribution < -0.4 is 5.73 Å². The Morgan fingerprint density at radius 2 is 1.73 bits per heavy atom. The van der Waals surface area contributed by atoms with Gasteiger partial charge in [0.05, 0.1) is 6.42 Å². The fraction of sp³-hybridized carbons (Fsp3) is 0.500. The molecule has 1 atom stereocenters.